The topological polar surface area (TPSA) is 38.1 Å². The molecule has 0 saturated carbocycles. The molecule has 1 aliphatic heterocycles. The van der Waals surface area contributed by atoms with Crippen LogP contribution in [-0.2, 0) is 0 Å². The SMILES string of the molecule is Clc1cccc(-c2cnc(C3CCCN3)o2)c1. The van der Waals surface area contributed by atoms with Crippen molar-refractivity contribution in [2.24, 2.45) is 0 Å². The highest BCUT2D eigenvalue weighted by Gasteiger charge is 2.21. The van der Waals surface area contributed by atoms with Gasteiger partial charge in [-0.1, -0.05) is 23.7 Å². The van der Waals surface area contributed by atoms with Crippen molar-refractivity contribution in [2.45, 2.75) is 18.9 Å². The lowest BCUT2D eigenvalue weighted by Crippen LogP contribution is -2.12. The summed E-state index contributed by atoms with van der Waals surface area (Å²) >= 11 is 5.95. The molecule has 0 radical (unpaired) electrons. The molecule has 0 amide bonds. The standard InChI is InChI=1S/C13H13ClN2O/c14-10-4-1-3-9(7-10)12-8-16-13(17-12)11-5-2-6-15-11/h1,3-4,7-8,11,15H,2,5-6H2. The number of nitrogens with zero attached hydrogens (tertiary/aromatic N) is 1. The lowest BCUT2D eigenvalue weighted by atomic mass is 10.2. The van der Waals surface area contributed by atoms with Gasteiger partial charge in [-0.15, -0.1) is 0 Å². The van der Waals surface area contributed by atoms with Gasteiger partial charge in [-0.05, 0) is 31.5 Å². The lowest BCUT2D eigenvalue weighted by molar-refractivity contribution is 0.437. The molecule has 1 atom stereocenters. The summed E-state index contributed by atoms with van der Waals surface area (Å²) in [6.45, 7) is 1.04. The van der Waals surface area contributed by atoms with Crippen LogP contribution in [-0.4, -0.2) is 11.5 Å². The maximum Gasteiger partial charge on any atom is 0.212 e. The van der Waals surface area contributed by atoms with Crippen LogP contribution in [0, 0.1) is 0 Å². The number of benzene rings is 1. The van der Waals surface area contributed by atoms with Crippen LogP contribution in [0.25, 0.3) is 11.3 Å². The highest BCUT2D eigenvalue weighted by Crippen LogP contribution is 2.28. The quantitative estimate of drug-likeness (QED) is 0.885. The van der Waals surface area contributed by atoms with E-state index in [0.29, 0.717) is 5.02 Å². The van der Waals surface area contributed by atoms with Gasteiger partial charge < -0.3 is 9.73 Å². The van der Waals surface area contributed by atoms with Crippen molar-refractivity contribution in [1.82, 2.24) is 10.3 Å². The third kappa shape index (κ3) is 2.21. The third-order valence-electron chi connectivity index (χ3n) is 2.99. The summed E-state index contributed by atoms with van der Waals surface area (Å²) < 4.78 is 5.78. The lowest BCUT2D eigenvalue weighted by Gasteiger charge is -2.03. The predicted molar refractivity (Wildman–Crippen MR) is 66.9 cm³/mol. The molecule has 1 saturated heterocycles. The summed E-state index contributed by atoms with van der Waals surface area (Å²) in [5, 5.41) is 4.07. The molecular formula is C13H13ClN2O. The Balaban J connectivity index is 1.89. The van der Waals surface area contributed by atoms with E-state index in [9.17, 15) is 0 Å². The van der Waals surface area contributed by atoms with Crippen LogP contribution in [0.4, 0.5) is 0 Å². The summed E-state index contributed by atoms with van der Waals surface area (Å²) in [4.78, 5) is 4.33. The summed E-state index contributed by atoms with van der Waals surface area (Å²) in [5.74, 6) is 1.55. The Morgan fingerprint density at radius 1 is 1.41 bits per heavy atom. The van der Waals surface area contributed by atoms with E-state index in [-0.39, 0.29) is 6.04 Å². The fraction of sp³-hybridized carbons (Fsp3) is 0.308. The maximum absolute atomic E-state index is 5.95. The van der Waals surface area contributed by atoms with E-state index in [4.69, 9.17) is 16.0 Å². The maximum atomic E-state index is 5.95. The molecule has 3 nitrogen and oxygen atoms in total. The first kappa shape index (κ1) is 10.8. The first-order valence-corrected chi connectivity index (χ1v) is 6.16. The average Bonchev–Trinajstić information content (AvgIpc) is 3.00. The number of hydrogen-bond donors (Lipinski definition) is 1. The second-order valence-corrected chi connectivity index (χ2v) is 4.66. The minimum Gasteiger partial charge on any atom is -0.439 e. The highest BCUT2D eigenvalue weighted by atomic mass is 35.5. The van der Waals surface area contributed by atoms with E-state index in [2.05, 4.69) is 10.3 Å². The minimum atomic E-state index is 0.267. The Labute approximate surface area is 105 Å². The van der Waals surface area contributed by atoms with E-state index < -0.39 is 0 Å². The van der Waals surface area contributed by atoms with E-state index >= 15 is 0 Å². The van der Waals surface area contributed by atoms with Gasteiger partial charge in [0.1, 0.15) is 0 Å². The summed E-state index contributed by atoms with van der Waals surface area (Å²) in [7, 11) is 0. The number of nitrogens with one attached hydrogen (secondary N) is 1. The van der Waals surface area contributed by atoms with Crippen molar-refractivity contribution in [3.63, 3.8) is 0 Å². The van der Waals surface area contributed by atoms with Gasteiger partial charge >= 0.3 is 0 Å². The molecule has 88 valence electrons. The molecule has 1 aromatic heterocycles. The molecule has 4 heteroatoms. The van der Waals surface area contributed by atoms with E-state index in [1.165, 1.54) is 6.42 Å². The highest BCUT2D eigenvalue weighted by molar-refractivity contribution is 6.30. The molecular weight excluding hydrogens is 236 g/mol. The molecule has 0 aliphatic carbocycles. The molecule has 3 rings (SSSR count). The van der Waals surface area contributed by atoms with Crippen molar-refractivity contribution in [2.75, 3.05) is 6.54 Å². The number of hydrogen-bond acceptors (Lipinski definition) is 3. The van der Waals surface area contributed by atoms with Crippen LogP contribution in [0.15, 0.2) is 34.9 Å². The van der Waals surface area contributed by atoms with Gasteiger partial charge in [0.15, 0.2) is 5.76 Å². The van der Waals surface area contributed by atoms with E-state index in [0.717, 1.165) is 30.2 Å². The molecule has 1 fully saturated rings. The Morgan fingerprint density at radius 3 is 3.12 bits per heavy atom. The summed E-state index contributed by atoms with van der Waals surface area (Å²) in [5.41, 5.74) is 0.967. The number of rotatable bonds is 2. The molecule has 1 N–H and O–H groups in total. The Bertz CT molecular complexity index is 518. The molecule has 1 unspecified atom stereocenters. The second kappa shape index (κ2) is 4.51. The van der Waals surface area contributed by atoms with Crippen molar-refractivity contribution >= 4 is 11.6 Å². The van der Waals surface area contributed by atoms with Gasteiger partial charge in [0.2, 0.25) is 5.89 Å². The first-order chi connectivity index (χ1) is 8.33. The van der Waals surface area contributed by atoms with Crippen molar-refractivity contribution in [3.8, 4) is 11.3 Å². The average molecular weight is 249 g/mol. The van der Waals surface area contributed by atoms with Crippen LogP contribution in [0.1, 0.15) is 24.8 Å². The number of aromatic nitrogens is 1. The minimum absolute atomic E-state index is 0.267. The zero-order valence-electron chi connectivity index (χ0n) is 9.32. The van der Waals surface area contributed by atoms with Crippen LogP contribution < -0.4 is 5.32 Å². The van der Waals surface area contributed by atoms with Gasteiger partial charge in [-0.2, -0.15) is 0 Å². The predicted octanol–water partition coefficient (Wildman–Crippen LogP) is 3.42. The van der Waals surface area contributed by atoms with Gasteiger partial charge in [0.05, 0.1) is 12.2 Å². The third-order valence-corrected chi connectivity index (χ3v) is 3.23. The zero-order valence-corrected chi connectivity index (χ0v) is 10.1. The monoisotopic (exact) mass is 248 g/mol. The smallest absolute Gasteiger partial charge is 0.212 e. The van der Waals surface area contributed by atoms with Crippen LogP contribution in [0.3, 0.4) is 0 Å². The number of oxazole rings is 1. The Morgan fingerprint density at radius 2 is 2.35 bits per heavy atom. The molecule has 0 spiro atoms. The van der Waals surface area contributed by atoms with Crippen molar-refractivity contribution in [3.05, 3.63) is 41.4 Å². The first-order valence-electron chi connectivity index (χ1n) is 5.78. The van der Waals surface area contributed by atoms with Gasteiger partial charge in [-0.25, -0.2) is 4.98 Å². The number of halogens is 1. The van der Waals surface area contributed by atoms with Crippen LogP contribution >= 0.6 is 11.6 Å². The molecule has 17 heavy (non-hydrogen) atoms. The van der Waals surface area contributed by atoms with Crippen molar-refractivity contribution < 1.29 is 4.42 Å². The van der Waals surface area contributed by atoms with Crippen LogP contribution in [0.2, 0.25) is 5.02 Å². The molecule has 2 heterocycles. The van der Waals surface area contributed by atoms with Gasteiger partial charge in [0, 0.05) is 10.6 Å². The molecule has 0 bridgehead atoms. The Hall–Kier alpha value is -1.32. The fourth-order valence-corrected chi connectivity index (χ4v) is 2.31. The molecule has 2 aromatic rings. The van der Waals surface area contributed by atoms with Crippen molar-refractivity contribution in [1.29, 1.82) is 0 Å². The summed E-state index contributed by atoms with van der Waals surface area (Å²) in [6.07, 6.45) is 4.04. The zero-order chi connectivity index (χ0) is 11.7. The Kier molecular flexibility index (Phi) is 2.87. The normalized spacial score (nSPS) is 19.7. The molecule has 1 aromatic carbocycles. The molecule has 1 aliphatic rings. The van der Waals surface area contributed by atoms with E-state index in [1.54, 1.807) is 6.20 Å². The second-order valence-electron chi connectivity index (χ2n) is 4.22. The largest absolute Gasteiger partial charge is 0.439 e. The van der Waals surface area contributed by atoms with Crippen LogP contribution in [0.5, 0.6) is 0 Å². The van der Waals surface area contributed by atoms with E-state index in [1.807, 2.05) is 24.3 Å². The summed E-state index contributed by atoms with van der Waals surface area (Å²) in [6, 6.07) is 7.88. The van der Waals surface area contributed by atoms with Gasteiger partial charge in [0.25, 0.3) is 0 Å². The van der Waals surface area contributed by atoms with Gasteiger partial charge in [-0.3, -0.25) is 0 Å². The fourth-order valence-electron chi connectivity index (χ4n) is 2.12.